The van der Waals surface area contributed by atoms with Gasteiger partial charge in [0.05, 0.1) is 11.6 Å². The number of hydrogen-bond acceptors (Lipinski definition) is 5. The van der Waals surface area contributed by atoms with E-state index in [-0.39, 0.29) is 34.7 Å². The molecule has 1 aromatic heterocycles. The van der Waals surface area contributed by atoms with Gasteiger partial charge in [-0.25, -0.2) is 0 Å². The number of nitrogens with zero attached hydrogens (tertiary/aromatic N) is 2. The monoisotopic (exact) mass is 447 g/mol. The summed E-state index contributed by atoms with van der Waals surface area (Å²) in [6, 6.07) is 4.82. The molecule has 0 atom stereocenters. The van der Waals surface area contributed by atoms with Crippen LogP contribution in [0.1, 0.15) is 38.5 Å². The van der Waals surface area contributed by atoms with Gasteiger partial charge in [-0.1, -0.05) is 42.5 Å². The first kappa shape index (κ1) is 20.6. The average molecular weight is 448 g/mol. The summed E-state index contributed by atoms with van der Waals surface area (Å²) in [6.45, 7) is 0. The fourth-order valence-electron chi connectivity index (χ4n) is 3.75. The first-order valence-electron chi connectivity index (χ1n) is 9.68. The minimum Gasteiger partial charge on any atom is -0.350 e. The van der Waals surface area contributed by atoms with Crippen LogP contribution in [0.4, 0.5) is 11.6 Å². The van der Waals surface area contributed by atoms with E-state index in [0.717, 1.165) is 32.1 Å². The van der Waals surface area contributed by atoms with Gasteiger partial charge in [-0.2, -0.15) is 9.98 Å². The molecule has 0 spiro atoms. The number of halogens is 2. The van der Waals surface area contributed by atoms with Crippen LogP contribution >= 0.6 is 23.2 Å². The summed E-state index contributed by atoms with van der Waals surface area (Å²) in [7, 11) is 0. The Balaban J connectivity index is 1.71. The predicted octanol–water partition coefficient (Wildman–Crippen LogP) is 1.97. The summed E-state index contributed by atoms with van der Waals surface area (Å²) >= 11 is 12.0. The van der Waals surface area contributed by atoms with Crippen molar-refractivity contribution in [1.82, 2.24) is 15.3 Å². The molecule has 2 amide bonds. The van der Waals surface area contributed by atoms with Gasteiger partial charge in [0.15, 0.2) is 5.49 Å². The van der Waals surface area contributed by atoms with E-state index in [0.29, 0.717) is 15.7 Å². The molecule has 1 aliphatic heterocycles. The van der Waals surface area contributed by atoms with E-state index in [1.807, 2.05) is 0 Å². The number of nitrogens with one attached hydrogen (secondary N) is 3. The summed E-state index contributed by atoms with van der Waals surface area (Å²) in [5, 5.41) is 6.66. The van der Waals surface area contributed by atoms with Crippen LogP contribution in [-0.4, -0.2) is 27.8 Å². The molecule has 0 saturated heterocycles. The Morgan fingerprint density at radius 3 is 2.47 bits per heavy atom. The largest absolute Gasteiger partial charge is 0.350 e. The van der Waals surface area contributed by atoms with Gasteiger partial charge >= 0.3 is 0 Å². The quantitative estimate of drug-likeness (QED) is 0.662. The van der Waals surface area contributed by atoms with Gasteiger partial charge in [-0.05, 0) is 31.0 Å². The molecule has 10 heteroatoms. The molecule has 2 aliphatic rings. The van der Waals surface area contributed by atoms with Crippen molar-refractivity contribution in [3.8, 4) is 0 Å². The summed E-state index contributed by atoms with van der Waals surface area (Å²) in [6.07, 6.45) is 4.81. The lowest BCUT2D eigenvalue weighted by Gasteiger charge is -2.23. The summed E-state index contributed by atoms with van der Waals surface area (Å²) in [4.78, 5) is 48.4. The number of rotatable bonds is 4. The maximum atomic E-state index is 12.8. The number of hydrogen-bond donors (Lipinski definition) is 3. The molecule has 4 rings (SSSR count). The third kappa shape index (κ3) is 4.55. The molecular weight excluding hydrogens is 429 g/mol. The highest BCUT2D eigenvalue weighted by molar-refractivity contribution is 6.35. The van der Waals surface area contributed by atoms with E-state index in [1.54, 1.807) is 18.2 Å². The van der Waals surface area contributed by atoms with Crippen molar-refractivity contribution < 1.29 is 9.59 Å². The van der Waals surface area contributed by atoms with Crippen molar-refractivity contribution in [2.75, 3.05) is 5.32 Å². The van der Waals surface area contributed by atoms with Crippen LogP contribution in [0.3, 0.4) is 0 Å². The number of benzene rings is 1. The molecule has 1 saturated carbocycles. The minimum absolute atomic E-state index is 0.0255. The lowest BCUT2D eigenvalue weighted by Crippen LogP contribution is -2.51. The van der Waals surface area contributed by atoms with Gasteiger partial charge < -0.3 is 10.6 Å². The molecule has 1 fully saturated rings. The Hall–Kier alpha value is -2.71. The number of H-pyrrole nitrogens is 1. The van der Waals surface area contributed by atoms with Crippen LogP contribution in [0.25, 0.3) is 5.57 Å². The van der Waals surface area contributed by atoms with Gasteiger partial charge in [0.2, 0.25) is 11.9 Å². The summed E-state index contributed by atoms with van der Waals surface area (Å²) < 4.78 is 0. The lowest BCUT2D eigenvalue weighted by molar-refractivity contribution is -0.120. The van der Waals surface area contributed by atoms with Gasteiger partial charge in [-0.3, -0.25) is 19.4 Å². The van der Waals surface area contributed by atoms with Crippen LogP contribution < -0.4 is 26.9 Å². The molecule has 3 N–H and O–H groups in total. The third-order valence-corrected chi connectivity index (χ3v) is 5.54. The Labute approximate surface area is 181 Å². The second-order valence-corrected chi connectivity index (χ2v) is 8.24. The molecular formula is C20H19Cl2N5O3. The van der Waals surface area contributed by atoms with Crippen molar-refractivity contribution >= 4 is 52.2 Å². The minimum atomic E-state index is -0.555. The van der Waals surface area contributed by atoms with Gasteiger partial charge in [0.1, 0.15) is 0 Å². The number of amides is 2. The van der Waals surface area contributed by atoms with Crippen LogP contribution in [-0.2, 0) is 9.59 Å². The van der Waals surface area contributed by atoms with Gasteiger partial charge in [0.25, 0.3) is 11.5 Å². The van der Waals surface area contributed by atoms with E-state index in [4.69, 9.17) is 23.2 Å². The Kier molecular flexibility index (Phi) is 5.87. The van der Waals surface area contributed by atoms with Gasteiger partial charge in [0, 0.05) is 27.3 Å². The molecule has 30 heavy (non-hydrogen) atoms. The number of anilines is 2. The number of aromatic nitrogens is 2. The van der Waals surface area contributed by atoms with Crippen molar-refractivity contribution in [1.29, 1.82) is 0 Å². The molecule has 2 heterocycles. The topological polar surface area (TPSA) is 116 Å². The second kappa shape index (κ2) is 8.57. The first-order chi connectivity index (χ1) is 14.4. The zero-order chi connectivity index (χ0) is 21.3. The standard InChI is InChI=1S/C20H19Cl2N5O3/c21-10-6-11(22)8-13(7-10)24-20-26-17-16(19(30)27-20)14(9-15(28)25-17)18(29)23-12-4-2-1-3-5-12/h6-8,12H,1-5,9H2,(H,23,29)(H2,24,25,26,27,28,30). The fraction of sp³-hybridized carbons (Fsp3) is 0.350. The van der Waals surface area contributed by atoms with Gasteiger partial charge in [-0.15, -0.1) is 0 Å². The highest BCUT2D eigenvalue weighted by Crippen LogP contribution is 2.23. The van der Waals surface area contributed by atoms with Crippen molar-refractivity contribution in [2.24, 2.45) is 4.99 Å². The van der Waals surface area contributed by atoms with E-state index in [2.05, 4.69) is 25.6 Å². The smallest absolute Gasteiger partial charge is 0.262 e. The Morgan fingerprint density at radius 2 is 1.77 bits per heavy atom. The van der Waals surface area contributed by atoms with E-state index >= 15 is 0 Å². The average Bonchev–Trinajstić information content (AvgIpc) is 2.67. The number of aromatic amines is 1. The number of carbonyl (C=O) groups excluding carboxylic acids is 2. The number of fused-ring (bicyclic) bond motifs is 1. The van der Waals surface area contributed by atoms with E-state index < -0.39 is 17.4 Å². The highest BCUT2D eigenvalue weighted by Gasteiger charge is 2.24. The van der Waals surface area contributed by atoms with E-state index in [9.17, 15) is 14.4 Å². The normalized spacial score (nSPS) is 16.6. The maximum Gasteiger partial charge on any atom is 0.262 e. The molecule has 0 radical (unpaired) electrons. The van der Waals surface area contributed by atoms with Crippen LogP contribution in [0.2, 0.25) is 10.0 Å². The lowest BCUT2D eigenvalue weighted by atomic mass is 9.95. The maximum absolute atomic E-state index is 12.8. The molecule has 0 bridgehead atoms. The SMILES string of the molecule is O=C1CC(C(=O)NC2CCCCC2)=c2c(nc(Nc3cc(Cl)cc(Cl)c3)[nH]c2=O)=N1. The predicted molar refractivity (Wildman–Crippen MR) is 113 cm³/mol. The van der Waals surface area contributed by atoms with Crippen LogP contribution in [0, 0.1) is 0 Å². The second-order valence-electron chi connectivity index (χ2n) is 7.37. The van der Waals surface area contributed by atoms with Crippen molar-refractivity contribution in [3.05, 3.63) is 49.3 Å². The van der Waals surface area contributed by atoms with Crippen molar-refractivity contribution in [3.63, 3.8) is 0 Å². The molecule has 1 aliphatic carbocycles. The first-order valence-corrected chi connectivity index (χ1v) is 10.4. The highest BCUT2D eigenvalue weighted by atomic mass is 35.5. The molecule has 0 unspecified atom stereocenters. The Morgan fingerprint density at radius 1 is 1.07 bits per heavy atom. The Bertz CT molecular complexity index is 1180. The summed E-state index contributed by atoms with van der Waals surface area (Å²) in [5.41, 5.74) is -0.0428. The van der Waals surface area contributed by atoms with Crippen molar-refractivity contribution in [2.45, 2.75) is 44.6 Å². The number of carbonyl (C=O) groups is 2. The third-order valence-electron chi connectivity index (χ3n) is 5.10. The molecule has 1 aromatic carbocycles. The fourth-order valence-corrected chi connectivity index (χ4v) is 4.27. The zero-order valence-corrected chi connectivity index (χ0v) is 17.4. The molecule has 8 nitrogen and oxygen atoms in total. The zero-order valence-electron chi connectivity index (χ0n) is 15.9. The molecule has 156 valence electrons. The molecule has 2 aromatic rings. The van der Waals surface area contributed by atoms with E-state index in [1.165, 1.54) is 0 Å². The van der Waals surface area contributed by atoms with Crippen LogP contribution in [0.5, 0.6) is 0 Å². The summed E-state index contributed by atoms with van der Waals surface area (Å²) in [5.74, 6) is -0.880. The van der Waals surface area contributed by atoms with Crippen LogP contribution in [0.15, 0.2) is 28.0 Å².